The molecule has 3 N–H and O–H groups in total. The van der Waals surface area contributed by atoms with Gasteiger partial charge in [-0.2, -0.15) is 0 Å². The number of carbonyl (C=O) groups excluding carboxylic acids is 2. The summed E-state index contributed by atoms with van der Waals surface area (Å²) in [6.45, 7) is 1.08. The molecule has 5 nitrogen and oxygen atoms in total. The highest BCUT2D eigenvalue weighted by atomic mass is 35.5. The summed E-state index contributed by atoms with van der Waals surface area (Å²) in [5.41, 5.74) is 1.85. The van der Waals surface area contributed by atoms with Crippen LogP contribution in [0.4, 0.5) is 5.69 Å². The Bertz CT molecular complexity index is 722. The van der Waals surface area contributed by atoms with Crippen molar-refractivity contribution in [2.45, 2.75) is 12.8 Å². The third-order valence-electron chi connectivity index (χ3n) is 3.88. The van der Waals surface area contributed by atoms with E-state index in [1.807, 2.05) is 25.2 Å². The minimum atomic E-state index is -0.174. The second-order valence-corrected chi connectivity index (χ2v) is 6.68. The van der Waals surface area contributed by atoms with Crippen molar-refractivity contribution in [3.05, 3.63) is 65.2 Å². The SMILES string of the molecule is C[NH+](CC(=O)NCCCc1ccccc1)CC(=O)Nc1ccccc1Cl. The molecule has 6 heteroatoms. The fraction of sp³-hybridized carbons (Fsp3) is 0.300. The third kappa shape index (κ3) is 7.25. The highest BCUT2D eigenvalue weighted by molar-refractivity contribution is 6.33. The van der Waals surface area contributed by atoms with Gasteiger partial charge < -0.3 is 15.5 Å². The van der Waals surface area contributed by atoms with E-state index in [9.17, 15) is 9.59 Å². The molecule has 0 saturated carbocycles. The highest BCUT2D eigenvalue weighted by Crippen LogP contribution is 2.19. The van der Waals surface area contributed by atoms with Gasteiger partial charge in [-0.05, 0) is 30.5 Å². The first kappa shape index (κ1) is 19.9. The predicted molar refractivity (Wildman–Crippen MR) is 104 cm³/mol. The van der Waals surface area contributed by atoms with Crippen molar-refractivity contribution in [3.63, 3.8) is 0 Å². The summed E-state index contributed by atoms with van der Waals surface area (Å²) < 4.78 is 0. The second kappa shape index (κ2) is 10.6. The van der Waals surface area contributed by atoms with Gasteiger partial charge in [0.1, 0.15) is 0 Å². The molecule has 1 atom stereocenters. The Morgan fingerprint density at radius 3 is 2.35 bits per heavy atom. The number of carbonyl (C=O) groups is 2. The Balaban J connectivity index is 1.63. The fourth-order valence-electron chi connectivity index (χ4n) is 2.60. The van der Waals surface area contributed by atoms with Gasteiger partial charge in [0.15, 0.2) is 13.1 Å². The molecule has 0 aromatic heterocycles. The Morgan fingerprint density at radius 2 is 1.62 bits per heavy atom. The van der Waals surface area contributed by atoms with E-state index in [-0.39, 0.29) is 24.9 Å². The van der Waals surface area contributed by atoms with Crippen molar-refractivity contribution in [3.8, 4) is 0 Å². The van der Waals surface area contributed by atoms with Crippen LogP contribution < -0.4 is 15.5 Å². The van der Waals surface area contributed by atoms with E-state index in [1.165, 1.54) is 5.56 Å². The van der Waals surface area contributed by atoms with Crippen LogP contribution in [0.2, 0.25) is 5.02 Å². The van der Waals surface area contributed by atoms with E-state index in [1.54, 1.807) is 24.3 Å². The first-order chi connectivity index (χ1) is 12.5. The molecule has 0 aliphatic rings. The molecule has 2 rings (SSSR count). The van der Waals surface area contributed by atoms with Crippen molar-refractivity contribution in [1.29, 1.82) is 0 Å². The van der Waals surface area contributed by atoms with Crippen LogP contribution in [0.25, 0.3) is 0 Å². The summed E-state index contributed by atoms with van der Waals surface area (Å²) >= 11 is 6.02. The topological polar surface area (TPSA) is 62.6 Å². The number of rotatable bonds is 9. The van der Waals surface area contributed by atoms with Crippen LogP contribution in [0.5, 0.6) is 0 Å². The van der Waals surface area contributed by atoms with Crippen LogP contribution in [-0.4, -0.2) is 38.5 Å². The summed E-state index contributed by atoms with van der Waals surface area (Å²) in [5.74, 6) is -0.228. The van der Waals surface area contributed by atoms with Gasteiger partial charge in [0, 0.05) is 6.54 Å². The normalized spacial score (nSPS) is 11.6. The van der Waals surface area contributed by atoms with Crippen molar-refractivity contribution in [2.24, 2.45) is 0 Å². The van der Waals surface area contributed by atoms with Crippen LogP contribution >= 0.6 is 11.6 Å². The van der Waals surface area contributed by atoms with Gasteiger partial charge in [0.2, 0.25) is 0 Å². The average Bonchev–Trinajstić information content (AvgIpc) is 2.61. The Hall–Kier alpha value is -2.37. The van der Waals surface area contributed by atoms with Crippen molar-refractivity contribution in [1.82, 2.24) is 5.32 Å². The van der Waals surface area contributed by atoms with Crippen LogP contribution in [-0.2, 0) is 16.0 Å². The lowest BCUT2D eigenvalue weighted by Gasteiger charge is -2.14. The van der Waals surface area contributed by atoms with Gasteiger partial charge in [-0.3, -0.25) is 9.59 Å². The zero-order valence-corrected chi connectivity index (χ0v) is 15.7. The van der Waals surface area contributed by atoms with Gasteiger partial charge in [0.05, 0.1) is 17.8 Å². The summed E-state index contributed by atoms with van der Waals surface area (Å²) in [4.78, 5) is 24.8. The molecule has 2 aromatic carbocycles. The number of aryl methyl sites for hydroxylation is 1. The van der Waals surface area contributed by atoms with E-state index in [0.717, 1.165) is 17.7 Å². The first-order valence-corrected chi connectivity index (χ1v) is 9.08. The molecule has 0 heterocycles. The Kier molecular flexibility index (Phi) is 8.12. The quantitative estimate of drug-likeness (QED) is 0.583. The molecule has 0 aliphatic carbocycles. The molecule has 0 fully saturated rings. The van der Waals surface area contributed by atoms with E-state index >= 15 is 0 Å². The molecule has 0 saturated heterocycles. The monoisotopic (exact) mass is 374 g/mol. The number of amides is 2. The predicted octanol–water partition coefficient (Wildman–Crippen LogP) is 1.54. The zero-order chi connectivity index (χ0) is 18.8. The van der Waals surface area contributed by atoms with Crippen molar-refractivity contribution < 1.29 is 14.5 Å². The van der Waals surface area contributed by atoms with Gasteiger partial charge in [-0.25, -0.2) is 0 Å². The number of halogens is 1. The highest BCUT2D eigenvalue weighted by Gasteiger charge is 2.14. The number of benzene rings is 2. The Morgan fingerprint density at radius 1 is 0.962 bits per heavy atom. The number of para-hydroxylation sites is 1. The molecule has 0 spiro atoms. The maximum atomic E-state index is 12.1. The lowest BCUT2D eigenvalue weighted by Crippen LogP contribution is -3.11. The van der Waals surface area contributed by atoms with Gasteiger partial charge in [-0.1, -0.05) is 54.1 Å². The lowest BCUT2D eigenvalue weighted by atomic mass is 10.1. The number of likely N-dealkylation sites (N-methyl/N-ethyl adjacent to an activating group) is 1. The number of nitrogens with one attached hydrogen (secondary N) is 3. The molecular weight excluding hydrogens is 350 g/mol. The first-order valence-electron chi connectivity index (χ1n) is 8.71. The summed E-state index contributed by atoms with van der Waals surface area (Å²) in [5, 5.41) is 6.16. The van der Waals surface area contributed by atoms with E-state index in [2.05, 4.69) is 22.8 Å². The van der Waals surface area contributed by atoms with E-state index in [0.29, 0.717) is 17.3 Å². The molecule has 2 amide bonds. The minimum Gasteiger partial charge on any atom is -0.351 e. The summed E-state index contributed by atoms with van der Waals surface area (Å²) in [7, 11) is 1.82. The molecule has 0 radical (unpaired) electrons. The lowest BCUT2D eigenvalue weighted by molar-refractivity contribution is -0.862. The van der Waals surface area contributed by atoms with Crippen LogP contribution in [0.3, 0.4) is 0 Å². The molecule has 138 valence electrons. The molecule has 26 heavy (non-hydrogen) atoms. The van der Waals surface area contributed by atoms with Crippen molar-refractivity contribution in [2.75, 3.05) is 32.0 Å². The summed E-state index contributed by atoms with van der Waals surface area (Å²) in [6, 6.07) is 17.3. The maximum absolute atomic E-state index is 12.1. The zero-order valence-electron chi connectivity index (χ0n) is 14.9. The molecule has 0 bridgehead atoms. The summed E-state index contributed by atoms with van der Waals surface area (Å²) in [6.07, 6.45) is 1.83. The van der Waals surface area contributed by atoms with Crippen LogP contribution in [0.1, 0.15) is 12.0 Å². The van der Waals surface area contributed by atoms with E-state index in [4.69, 9.17) is 11.6 Å². The third-order valence-corrected chi connectivity index (χ3v) is 4.21. The molecular formula is C20H25ClN3O2+. The molecule has 1 unspecified atom stereocenters. The average molecular weight is 375 g/mol. The minimum absolute atomic E-state index is 0.0545. The van der Waals surface area contributed by atoms with Gasteiger partial charge in [0.25, 0.3) is 11.8 Å². The number of anilines is 1. The van der Waals surface area contributed by atoms with Crippen LogP contribution in [0, 0.1) is 0 Å². The Labute approximate surface area is 159 Å². The largest absolute Gasteiger partial charge is 0.351 e. The van der Waals surface area contributed by atoms with Gasteiger partial charge >= 0.3 is 0 Å². The second-order valence-electron chi connectivity index (χ2n) is 6.28. The maximum Gasteiger partial charge on any atom is 0.279 e. The van der Waals surface area contributed by atoms with Crippen molar-refractivity contribution >= 4 is 29.1 Å². The number of hydrogen-bond acceptors (Lipinski definition) is 2. The molecule has 2 aromatic rings. The smallest absolute Gasteiger partial charge is 0.279 e. The van der Waals surface area contributed by atoms with Gasteiger partial charge in [-0.15, -0.1) is 0 Å². The van der Waals surface area contributed by atoms with Crippen LogP contribution in [0.15, 0.2) is 54.6 Å². The standard InChI is InChI=1S/C20H24ClN3O2/c1-24(15-20(26)23-18-12-6-5-11-17(18)21)14-19(25)22-13-7-10-16-8-3-2-4-9-16/h2-6,8-9,11-12H,7,10,13-15H2,1H3,(H,22,25)(H,23,26)/p+1. The molecule has 0 aliphatic heterocycles. The number of hydrogen-bond donors (Lipinski definition) is 3. The fourth-order valence-corrected chi connectivity index (χ4v) is 2.78. The van der Waals surface area contributed by atoms with E-state index < -0.39 is 0 Å². The number of quaternary nitrogens is 1.